The number of halogens is 3. The normalized spacial score (nSPS) is 12.6. The molecule has 0 aliphatic carbocycles. The maximum Gasteiger partial charge on any atom is 0.573 e. The van der Waals surface area contributed by atoms with Gasteiger partial charge in [-0.2, -0.15) is 5.10 Å². The Bertz CT molecular complexity index is 974. The van der Waals surface area contributed by atoms with E-state index in [1.165, 1.54) is 38.1 Å². The Morgan fingerprint density at radius 3 is 2.14 bits per heavy atom. The van der Waals surface area contributed by atoms with Crippen LogP contribution in [0.3, 0.4) is 0 Å². The predicted octanol–water partition coefficient (Wildman–Crippen LogP) is 3.89. The maximum absolute atomic E-state index is 12.5. The Balaban J connectivity index is 2.14. The molecule has 29 heavy (non-hydrogen) atoms. The van der Waals surface area contributed by atoms with E-state index in [0.29, 0.717) is 5.56 Å². The van der Waals surface area contributed by atoms with Crippen molar-refractivity contribution in [3.8, 4) is 5.75 Å². The molecule has 0 spiro atoms. The van der Waals surface area contributed by atoms with E-state index in [0.717, 1.165) is 12.1 Å². The van der Waals surface area contributed by atoms with Crippen molar-refractivity contribution in [3.63, 3.8) is 0 Å². The van der Waals surface area contributed by atoms with E-state index in [1.807, 2.05) is 0 Å². The first-order valence-corrected chi connectivity index (χ1v) is 9.83. The number of rotatable bonds is 5. The van der Waals surface area contributed by atoms with Crippen LogP contribution in [0.4, 0.5) is 23.7 Å². The number of sulfone groups is 1. The lowest BCUT2D eigenvalue weighted by Gasteiger charge is -2.12. The van der Waals surface area contributed by atoms with Gasteiger partial charge in [0, 0.05) is 11.3 Å². The smallest absolute Gasteiger partial charge is 0.406 e. The lowest BCUT2D eigenvalue weighted by atomic mass is 10.2. The van der Waals surface area contributed by atoms with Gasteiger partial charge in [0.1, 0.15) is 5.75 Å². The first-order valence-electron chi connectivity index (χ1n) is 8.29. The van der Waals surface area contributed by atoms with Crippen molar-refractivity contribution in [2.45, 2.75) is 25.5 Å². The zero-order valence-electron chi connectivity index (χ0n) is 15.4. The van der Waals surface area contributed by atoms with Crippen molar-refractivity contribution >= 4 is 26.6 Å². The van der Waals surface area contributed by atoms with Crippen LogP contribution in [-0.4, -0.2) is 31.1 Å². The Morgan fingerprint density at radius 2 is 1.62 bits per heavy atom. The third-order valence-corrected chi connectivity index (χ3v) is 5.62. The second kappa shape index (κ2) is 8.95. The lowest BCUT2D eigenvalue weighted by molar-refractivity contribution is -0.274. The number of amides is 2. The van der Waals surface area contributed by atoms with Crippen LogP contribution < -0.4 is 15.5 Å². The average molecular weight is 429 g/mol. The molecule has 156 valence electrons. The Morgan fingerprint density at radius 1 is 1.03 bits per heavy atom. The van der Waals surface area contributed by atoms with Crippen LogP contribution in [0, 0.1) is 0 Å². The molecule has 0 saturated carbocycles. The van der Waals surface area contributed by atoms with Gasteiger partial charge in [0.05, 0.1) is 5.25 Å². The fraction of sp³-hybridized carbons (Fsp3) is 0.222. The van der Waals surface area contributed by atoms with Gasteiger partial charge in [-0.1, -0.05) is 30.3 Å². The highest BCUT2D eigenvalue weighted by molar-refractivity contribution is 8.07. The largest absolute Gasteiger partial charge is 0.573 e. The first kappa shape index (κ1) is 22.2. The number of hydrazone groups is 1. The van der Waals surface area contributed by atoms with E-state index in [4.69, 9.17) is 0 Å². The van der Waals surface area contributed by atoms with Crippen molar-refractivity contribution in [1.82, 2.24) is 5.43 Å². The molecule has 11 heteroatoms. The number of ether oxygens (including phenoxy) is 1. The Kier molecular flexibility index (Phi) is 6.85. The molecule has 2 aromatic rings. The van der Waals surface area contributed by atoms with E-state index >= 15 is 0 Å². The number of benzene rings is 2. The molecular formula is C18H18F3N3O4S. The molecule has 2 aromatic carbocycles. The van der Waals surface area contributed by atoms with Gasteiger partial charge in [-0.05, 0) is 38.1 Å². The first-order chi connectivity index (χ1) is 13.5. The fourth-order valence-corrected chi connectivity index (χ4v) is 3.18. The predicted molar refractivity (Wildman–Crippen MR) is 102 cm³/mol. The van der Waals surface area contributed by atoms with Crippen LogP contribution in [0.1, 0.15) is 19.4 Å². The number of alkyl halides is 3. The summed E-state index contributed by atoms with van der Waals surface area (Å²) in [4.78, 5) is 12.0. The van der Waals surface area contributed by atoms with Crippen LogP contribution in [0.2, 0.25) is 0 Å². The molecule has 0 fully saturated rings. The third-order valence-electron chi connectivity index (χ3n) is 3.52. The molecule has 0 unspecified atom stereocenters. The highest BCUT2D eigenvalue weighted by Gasteiger charge is 2.31. The molecule has 2 N–H and O–H groups in total. The van der Waals surface area contributed by atoms with Crippen molar-refractivity contribution in [3.05, 3.63) is 60.2 Å². The molecular weight excluding hydrogens is 411 g/mol. The monoisotopic (exact) mass is 429 g/mol. The molecule has 0 radical (unpaired) electrons. The van der Waals surface area contributed by atoms with Gasteiger partial charge in [-0.15, -0.1) is 13.2 Å². The summed E-state index contributed by atoms with van der Waals surface area (Å²) in [5.41, 5.74) is 2.55. The van der Waals surface area contributed by atoms with Gasteiger partial charge in [-0.25, -0.2) is 18.6 Å². The number of hydrogen-bond donors (Lipinski definition) is 2. The molecule has 2 rings (SSSR count). The summed E-state index contributed by atoms with van der Waals surface area (Å²) < 4.78 is 65.3. The maximum atomic E-state index is 12.5. The number of urea groups is 1. The number of carbonyl (C=O) groups excluding carboxylic acids is 1. The molecule has 0 heterocycles. The number of carbonyl (C=O) groups is 1. The molecule has 0 aliphatic rings. The summed E-state index contributed by atoms with van der Waals surface area (Å²) in [5, 5.41) is 4.99. The summed E-state index contributed by atoms with van der Waals surface area (Å²) in [6.07, 6.45) is -4.82. The zero-order chi connectivity index (χ0) is 21.7. The van der Waals surface area contributed by atoms with Crippen molar-refractivity contribution < 1.29 is 31.1 Å². The number of nitrogens with one attached hydrogen (secondary N) is 2. The second-order valence-corrected chi connectivity index (χ2v) is 8.43. The number of nitrogens with zero attached hydrogens (tertiary/aromatic N) is 1. The highest BCUT2D eigenvalue weighted by Crippen LogP contribution is 2.23. The molecule has 0 atom stereocenters. The van der Waals surface area contributed by atoms with E-state index in [1.54, 1.807) is 18.2 Å². The fourth-order valence-electron chi connectivity index (χ4n) is 2.10. The summed E-state index contributed by atoms with van der Waals surface area (Å²) >= 11 is 0. The van der Waals surface area contributed by atoms with E-state index < -0.39 is 33.2 Å². The molecule has 0 bridgehead atoms. The Hall–Kier alpha value is -3.08. The van der Waals surface area contributed by atoms with E-state index in [-0.39, 0.29) is 10.7 Å². The molecule has 0 aliphatic heterocycles. The van der Waals surface area contributed by atoms with Gasteiger partial charge >= 0.3 is 12.4 Å². The topological polar surface area (TPSA) is 96.9 Å². The molecule has 0 saturated heterocycles. The van der Waals surface area contributed by atoms with Crippen molar-refractivity contribution in [1.29, 1.82) is 0 Å². The zero-order valence-corrected chi connectivity index (χ0v) is 16.2. The summed E-state index contributed by atoms with van der Waals surface area (Å²) in [7, 11) is -3.80. The standard InChI is InChI=1S/C18H18F3N3O4S/c1-12(2)29(26,27)16(13-6-4-3-5-7-13)23-24-17(25)22-14-8-10-15(11-9-14)28-18(19,20)21/h3-12H,1-2H3,(H2,22,24,25). The highest BCUT2D eigenvalue weighted by atomic mass is 32.2. The molecule has 2 amide bonds. The molecule has 7 nitrogen and oxygen atoms in total. The van der Waals surface area contributed by atoms with Gasteiger partial charge in [-0.3, -0.25) is 0 Å². The van der Waals surface area contributed by atoms with Crippen LogP contribution in [-0.2, 0) is 9.84 Å². The van der Waals surface area contributed by atoms with Crippen LogP contribution in [0.15, 0.2) is 59.7 Å². The lowest BCUT2D eigenvalue weighted by Crippen LogP contribution is -2.30. The quantitative estimate of drug-likeness (QED) is 0.428. The number of anilines is 1. The van der Waals surface area contributed by atoms with Crippen molar-refractivity contribution in [2.75, 3.05) is 5.32 Å². The minimum atomic E-state index is -4.82. The summed E-state index contributed by atoms with van der Waals surface area (Å²) in [6.45, 7) is 2.97. The van der Waals surface area contributed by atoms with Gasteiger partial charge in [0.25, 0.3) is 0 Å². The minimum absolute atomic E-state index is 0.153. The van der Waals surface area contributed by atoms with Gasteiger partial charge in [0.2, 0.25) is 0 Å². The average Bonchev–Trinajstić information content (AvgIpc) is 2.63. The van der Waals surface area contributed by atoms with Crippen LogP contribution in [0.25, 0.3) is 0 Å². The van der Waals surface area contributed by atoms with Gasteiger partial charge < -0.3 is 10.1 Å². The third kappa shape index (κ3) is 6.49. The number of hydrogen-bond acceptors (Lipinski definition) is 5. The van der Waals surface area contributed by atoms with E-state index in [9.17, 15) is 26.4 Å². The SMILES string of the molecule is CC(C)S(=O)(=O)C(=NNC(=O)Nc1ccc(OC(F)(F)F)cc1)c1ccccc1. The van der Waals surface area contributed by atoms with Gasteiger partial charge in [0.15, 0.2) is 14.9 Å². The summed E-state index contributed by atoms with van der Waals surface area (Å²) in [6, 6.07) is 11.6. The molecule has 0 aromatic heterocycles. The van der Waals surface area contributed by atoms with Crippen LogP contribution >= 0.6 is 0 Å². The van der Waals surface area contributed by atoms with Crippen molar-refractivity contribution in [2.24, 2.45) is 5.10 Å². The second-order valence-electron chi connectivity index (χ2n) is 6.01. The van der Waals surface area contributed by atoms with E-state index in [2.05, 4.69) is 20.6 Å². The minimum Gasteiger partial charge on any atom is -0.406 e. The summed E-state index contributed by atoms with van der Waals surface area (Å²) in [5.74, 6) is -0.448. The Labute approximate surface area is 165 Å². The van der Waals surface area contributed by atoms with Crippen LogP contribution in [0.5, 0.6) is 5.75 Å².